The number of carbonyl (C=O) groups is 1. The number of nitrogens with zero attached hydrogens (tertiary/aromatic N) is 2. The van der Waals surface area contributed by atoms with Crippen LogP contribution in [0.3, 0.4) is 0 Å². The number of aromatic nitrogens is 1. The average molecular weight is 392 g/mol. The first-order valence-corrected chi connectivity index (χ1v) is 8.71. The van der Waals surface area contributed by atoms with E-state index in [1.807, 2.05) is 31.2 Å². The molecular weight excluding hydrogens is 373 g/mol. The van der Waals surface area contributed by atoms with Gasteiger partial charge in [0.2, 0.25) is 5.91 Å². The number of alkyl halides is 3. The van der Waals surface area contributed by atoms with E-state index in [4.69, 9.17) is 4.42 Å². The highest BCUT2D eigenvalue weighted by atomic mass is 19.4. The fourth-order valence-corrected chi connectivity index (χ4v) is 3.02. The molecule has 0 radical (unpaired) electrons. The summed E-state index contributed by atoms with van der Waals surface area (Å²) in [5, 5.41) is 0.884. The van der Waals surface area contributed by atoms with Crippen LogP contribution in [0, 0.1) is 0 Å². The van der Waals surface area contributed by atoms with Crippen molar-refractivity contribution in [2.24, 2.45) is 0 Å². The summed E-state index contributed by atoms with van der Waals surface area (Å²) in [7, 11) is 1.54. The van der Waals surface area contributed by atoms with E-state index in [0.717, 1.165) is 27.3 Å². The van der Waals surface area contributed by atoms with Gasteiger partial charge < -0.3 is 13.9 Å². The van der Waals surface area contributed by atoms with Crippen molar-refractivity contribution in [3.8, 4) is 0 Å². The third-order valence-electron chi connectivity index (χ3n) is 4.54. The molecule has 3 rings (SSSR count). The van der Waals surface area contributed by atoms with Crippen LogP contribution in [0.15, 0.2) is 51.8 Å². The summed E-state index contributed by atoms with van der Waals surface area (Å²) in [6.45, 7) is 1.69. The molecule has 2 aromatic heterocycles. The minimum atomic E-state index is -4.59. The van der Waals surface area contributed by atoms with Gasteiger partial charge in [-0.1, -0.05) is 25.1 Å². The predicted molar refractivity (Wildman–Crippen MR) is 97.8 cm³/mol. The molecule has 28 heavy (non-hydrogen) atoms. The number of furan rings is 1. The highest BCUT2D eigenvalue weighted by molar-refractivity contribution is 5.83. The number of pyridine rings is 1. The van der Waals surface area contributed by atoms with E-state index in [2.05, 4.69) is 0 Å². The van der Waals surface area contributed by atoms with Gasteiger partial charge in [-0.25, -0.2) is 0 Å². The molecule has 0 saturated heterocycles. The van der Waals surface area contributed by atoms with Crippen molar-refractivity contribution < 1.29 is 22.4 Å². The first-order chi connectivity index (χ1) is 13.2. The van der Waals surface area contributed by atoms with Crippen molar-refractivity contribution in [1.82, 2.24) is 9.47 Å². The van der Waals surface area contributed by atoms with Gasteiger partial charge >= 0.3 is 6.18 Å². The maximum Gasteiger partial charge on any atom is 0.417 e. The minimum Gasteiger partial charge on any atom is -0.461 e. The van der Waals surface area contributed by atoms with Crippen molar-refractivity contribution in [2.45, 2.75) is 32.6 Å². The molecule has 0 fully saturated rings. The van der Waals surface area contributed by atoms with Gasteiger partial charge in [0, 0.05) is 43.2 Å². The molecule has 0 saturated carbocycles. The van der Waals surface area contributed by atoms with Crippen LogP contribution < -0.4 is 5.56 Å². The highest BCUT2D eigenvalue weighted by Gasteiger charge is 2.31. The van der Waals surface area contributed by atoms with Crippen LogP contribution in [0.4, 0.5) is 13.2 Å². The number of benzene rings is 1. The number of likely N-dealkylation sites (N-methyl/N-ethyl adjacent to an activating group) is 1. The van der Waals surface area contributed by atoms with Crippen LogP contribution in [0.5, 0.6) is 0 Å². The van der Waals surface area contributed by atoms with Crippen molar-refractivity contribution in [1.29, 1.82) is 0 Å². The second kappa shape index (κ2) is 7.53. The number of para-hydroxylation sites is 1. The molecule has 0 aliphatic rings. The largest absolute Gasteiger partial charge is 0.461 e. The normalized spacial score (nSPS) is 11.8. The van der Waals surface area contributed by atoms with Crippen molar-refractivity contribution in [3.05, 3.63) is 69.8 Å². The molecule has 8 heteroatoms. The van der Waals surface area contributed by atoms with Crippen molar-refractivity contribution in [3.63, 3.8) is 0 Å². The zero-order chi connectivity index (χ0) is 20.5. The lowest BCUT2D eigenvalue weighted by molar-refractivity contribution is -0.138. The third-order valence-corrected chi connectivity index (χ3v) is 4.54. The molecule has 0 unspecified atom stereocenters. The number of halogens is 3. The van der Waals surface area contributed by atoms with Gasteiger partial charge in [-0.05, 0) is 12.1 Å². The number of amides is 1. The lowest BCUT2D eigenvalue weighted by atomic mass is 10.1. The van der Waals surface area contributed by atoms with E-state index in [9.17, 15) is 22.8 Å². The summed E-state index contributed by atoms with van der Waals surface area (Å²) in [4.78, 5) is 25.8. The van der Waals surface area contributed by atoms with Gasteiger partial charge in [0.25, 0.3) is 5.56 Å². The summed E-state index contributed by atoms with van der Waals surface area (Å²) >= 11 is 0. The zero-order valence-corrected chi connectivity index (χ0v) is 15.4. The molecule has 0 N–H and O–H groups in total. The van der Waals surface area contributed by atoms with E-state index in [-0.39, 0.29) is 6.54 Å². The number of rotatable bonds is 5. The van der Waals surface area contributed by atoms with Crippen molar-refractivity contribution >= 4 is 16.9 Å². The van der Waals surface area contributed by atoms with Gasteiger partial charge in [0.05, 0.1) is 5.56 Å². The van der Waals surface area contributed by atoms with Crippen molar-refractivity contribution in [2.75, 3.05) is 7.05 Å². The Morgan fingerprint density at radius 3 is 2.57 bits per heavy atom. The molecule has 2 heterocycles. The molecule has 0 aliphatic heterocycles. The Hall–Kier alpha value is -3.03. The molecule has 1 amide bonds. The number of carbonyl (C=O) groups excluding carboxylic acids is 1. The molecular formula is C20H19F3N2O3. The molecule has 0 spiro atoms. The molecule has 1 aromatic carbocycles. The maximum absolute atomic E-state index is 12.9. The highest BCUT2D eigenvalue weighted by Crippen LogP contribution is 2.29. The molecule has 3 aromatic rings. The number of hydrogen-bond donors (Lipinski definition) is 0. The second-order valence-electron chi connectivity index (χ2n) is 6.48. The number of fused-ring (bicyclic) bond motifs is 1. The zero-order valence-electron chi connectivity index (χ0n) is 15.4. The Morgan fingerprint density at radius 1 is 1.18 bits per heavy atom. The van der Waals surface area contributed by atoms with Gasteiger partial charge in [-0.15, -0.1) is 0 Å². The number of hydrogen-bond acceptors (Lipinski definition) is 3. The standard InChI is InChI=1S/C20H19F3N2O3/c1-3-16-15(14-6-4-5-7-17(14)28-16)11-24(2)19(27)12-25-10-13(20(21,22)23)8-9-18(25)26/h4-10H,3,11-12H2,1-2H3. The van der Waals surface area contributed by atoms with E-state index in [1.165, 1.54) is 4.90 Å². The van der Waals surface area contributed by atoms with Crippen LogP contribution in [0.1, 0.15) is 23.8 Å². The van der Waals surface area contributed by atoms with Crippen LogP contribution in [0.2, 0.25) is 0 Å². The maximum atomic E-state index is 12.9. The molecule has 0 atom stereocenters. The topological polar surface area (TPSA) is 55.5 Å². The average Bonchev–Trinajstić information content (AvgIpc) is 3.00. The molecule has 0 aliphatic carbocycles. The minimum absolute atomic E-state index is 0.229. The lowest BCUT2D eigenvalue weighted by Gasteiger charge is -2.18. The van der Waals surface area contributed by atoms with E-state index in [0.29, 0.717) is 24.3 Å². The fraction of sp³-hybridized carbons (Fsp3) is 0.300. The summed E-state index contributed by atoms with van der Waals surface area (Å²) in [6.07, 6.45) is -3.28. The Labute approximate surface area is 159 Å². The Bertz CT molecular complexity index is 1070. The van der Waals surface area contributed by atoms with Crippen LogP contribution >= 0.6 is 0 Å². The smallest absolute Gasteiger partial charge is 0.417 e. The summed E-state index contributed by atoms with van der Waals surface area (Å²) in [5.74, 6) is 0.269. The monoisotopic (exact) mass is 392 g/mol. The number of aryl methyl sites for hydroxylation is 1. The molecule has 148 valence electrons. The molecule has 5 nitrogen and oxygen atoms in total. The van der Waals surface area contributed by atoms with Gasteiger partial charge in [-0.3, -0.25) is 9.59 Å². The predicted octanol–water partition coefficient (Wildman–Crippen LogP) is 3.83. The summed E-state index contributed by atoms with van der Waals surface area (Å²) in [6, 6.07) is 8.97. The summed E-state index contributed by atoms with van der Waals surface area (Å²) < 4.78 is 45.1. The quantitative estimate of drug-likeness (QED) is 0.663. The third kappa shape index (κ3) is 3.95. The SMILES string of the molecule is CCc1oc2ccccc2c1CN(C)C(=O)Cn1cc(C(F)(F)F)ccc1=O. The van der Waals surface area contributed by atoms with E-state index in [1.54, 1.807) is 7.05 Å². The van der Waals surface area contributed by atoms with Crippen LogP contribution in [-0.4, -0.2) is 22.4 Å². The second-order valence-corrected chi connectivity index (χ2v) is 6.48. The Kier molecular flexibility index (Phi) is 5.31. The van der Waals surface area contributed by atoms with Gasteiger partial charge in [0.15, 0.2) is 0 Å². The van der Waals surface area contributed by atoms with Gasteiger partial charge in [0.1, 0.15) is 17.9 Å². The van der Waals surface area contributed by atoms with Crippen LogP contribution in [0.25, 0.3) is 11.0 Å². The first kappa shape index (κ1) is 19.7. The fourth-order valence-electron chi connectivity index (χ4n) is 3.02. The van der Waals surface area contributed by atoms with Gasteiger partial charge in [-0.2, -0.15) is 13.2 Å². The Morgan fingerprint density at radius 2 is 1.89 bits per heavy atom. The molecule has 0 bridgehead atoms. The van der Waals surface area contributed by atoms with E-state index >= 15 is 0 Å². The summed E-state index contributed by atoms with van der Waals surface area (Å²) in [5.41, 5.74) is -0.0796. The van der Waals surface area contributed by atoms with Crippen LogP contribution in [-0.2, 0) is 30.5 Å². The lowest BCUT2D eigenvalue weighted by Crippen LogP contribution is -2.33. The Balaban J connectivity index is 1.82. The van der Waals surface area contributed by atoms with E-state index < -0.39 is 29.8 Å². The first-order valence-electron chi connectivity index (χ1n) is 8.71.